The van der Waals surface area contributed by atoms with Crippen molar-refractivity contribution in [3.8, 4) is 17.9 Å². The number of rotatable bonds is 3. The molecule has 0 fully saturated rings. The summed E-state index contributed by atoms with van der Waals surface area (Å²) in [5.74, 6) is 5.47. The largest absolute Gasteiger partial charge is 0.467 e. The van der Waals surface area contributed by atoms with Crippen LogP contribution in [0.15, 0.2) is 30.6 Å². The van der Waals surface area contributed by atoms with Crippen LogP contribution in [0.2, 0.25) is 5.02 Å². The molecule has 0 saturated carbocycles. The third-order valence-electron chi connectivity index (χ3n) is 4.91. The molecule has 1 aliphatic rings. The van der Waals surface area contributed by atoms with Gasteiger partial charge in [-0.3, -0.25) is 4.90 Å². The second kappa shape index (κ2) is 8.02. The van der Waals surface area contributed by atoms with E-state index in [1.807, 2.05) is 18.2 Å². The van der Waals surface area contributed by atoms with Gasteiger partial charge in [0.2, 0.25) is 0 Å². The lowest BCUT2D eigenvalue weighted by atomic mass is 9.94. The Hall–Kier alpha value is -3.24. The van der Waals surface area contributed by atoms with E-state index in [1.165, 1.54) is 7.11 Å². The van der Waals surface area contributed by atoms with Gasteiger partial charge in [0.25, 0.3) is 0 Å². The predicted octanol–water partition coefficient (Wildman–Crippen LogP) is 3.73. The highest BCUT2D eigenvalue weighted by atomic mass is 35.5. The molecule has 1 aromatic carbocycles. The molecule has 0 spiro atoms. The minimum atomic E-state index is -0.434. The van der Waals surface area contributed by atoms with Gasteiger partial charge in [-0.1, -0.05) is 17.5 Å². The Balaban J connectivity index is 1.80. The van der Waals surface area contributed by atoms with Gasteiger partial charge in [-0.15, -0.1) is 5.92 Å². The molecule has 8 heteroatoms. The molecule has 3 aromatic rings. The van der Waals surface area contributed by atoms with Gasteiger partial charge in [-0.05, 0) is 37.1 Å². The fourth-order valence-electron chi connectivity index (χ4n) is 3.63. The maximum atomic E-state index is 12.8. The minimum absolute atomic E-state index is 0.0484. The monoisotopic (exact) mass is 410 g/mol. The molecule has 0 bridgehead atoms. The van der Waals surface area contributed by atoms with Crippen molar-refractivity contribution < 1.29 is 14.3 Å². The van der Waals surface area contributed by atoms with Crippen molar-refractivity contribution in [3.63, 3.8) is 0 Å². The summed E-state index contributed by atoms with van der Waals surface area (Å²) in [5.41, 5.74) is 3.75. The van der Waals surface area contributed by atoms with E-state index >= 15 is 0 Å². The normalized spacial score (nSPS) is 15.4. The SMILES string of the molecule is CC#CCOC(=O)N1CCc2c([nH]c3ccc(Cl)cc23)C1c1cnc(OC)nc1. The van der Waals surface area contributed by atoms with Gasteiger partial charge in [0, 0.05) is 46.1 Å². The average Bonchev–Trinajstić information content (AvgIpc) is 3.11. The lowest BCUT2D eigenvalue weighted by Crippen LogP contribution is -2.41. The Bertz CT molecular complexity index is 1110. The number of hydrogen-bond acceptors (Lipinski definition) is 5. The van der Waals surface area contributed by atoms with E-state index in [-0.39, 0.29) is 12.6 Å². The number of aromatic amines is 1. The molecule has 1 N–H and O–H groups in total. The van der Waals surface area contributed by atoms with Gasteiger partial charge < -0.3 is 14.5 Å². The molecule has 4 rings (SSSR count). The second-order valence-electron chi connectivity index (χ2n) is 6.54. The van der Waals surface area contributed by atoms with Crippen LogP contribution in [-0.2, 0) is 11.2 Å². The summed E-state index contributed by atoms with van der Waals surface area (Å²) in [4.78, 5) is 26.3. The fraction of sp³-hybridized carbons (Fsp3) is 0.286. The van der Waals surface area contributed by atoms with Crippen LogP contribution in [0, 0.1) is 11.8 Å². The van der Waals surface area contributed by atoms with E-state index in [4.69, 9.17) is 21.1 Å². The number of halogens is 1. The lowest BCUT2D eigenvalue weighted by molar-refractivity contribution is 0.0991. The topological polar surface area (TPSA) is 80.3 Å². The Labute approximate surface area is 173 Å². The Morgan fingerprint density at radius 1 is 1.38 bits per heavy atom. The number of H-pyrrole nitrogens is 1. The highest BCUT2D eigenvalue weighted by molar-refractivity contribution is 6.31. The highest BCUT2D eigenvalue weighted by Crippen LogP contribution is 2.39. The van der Waals surface area contributed by atoms with E-state index < -0.39 is 12.1 Å². The third kappa shape index (κ3) is 3.59. The summed E-state index contributed by atoms with van der Waals surface area (Å²) in [7, 11) is 1.51. The molecular formula is C21H19ClN4O3. The number of methoxy groups -OCH3 is 1. The van der Waals surface area contributed by atoms with Crippen LogP contribution in [-0.4, -0.2) is 46.2 Å². The Kier molecular flexibility index (Phi) is 5.28. The number of fused-ring (bicyclic) bond motifs is 3. The van der Waals surface area contributed by atoms with E-state index in [0.717, 1.165) is 27.7 Å². The molecule has 1 unspecified atom stereocenters. The number of aromatic nitrogens is 3. The highest BCUT2D eigenvalue weighted by Gasteiger charge is 2.36. The number of nitrogens with zero attached hydrogens (tertiary/aromatic N) is 3. The van der Waals surface area contributed by atoms with Crippen molar-refractivity contribution in [3.05, 3.63) is 52.4 Å². The summed E-state index contributed by atoms with van der Waals surface area (Å²) in [6.45, 7) is 2.24. The maximum Gasteiger partial charge on any atom is 0.411 e. The minimum Gasteiger partial charge on any atom is -0.467 e. The molecule has 2 aromatic heterocycles. The zero-order valence-corrected chi connectivity index (χ0v) is 16.8. The van der Waals surface area contributed by atoms with Crippen LogP contribution < -0.4 is 4.74 Å². The zero-order chi connectivity index (χ0) is 20.4. The average molecular weight is 411 g/mol. The van der Waals surface area contributed by atoms with Gasteiger partial charge in [-0.2, -0.15) is 0 Å². The molecule has 29 heavy (non-hydrogen) atoms. The van der Waals surface area contributed by atoms with Gasteiger partial charge >= 0.3 is 12.1 Å². The zero-order valence-electron chi connectivity index (χ0n) is 16.0. The van der Waals surface area contributed by atoms with E-state index in [9.17, 15) is 4.79 Å². The molecule has 3 heterocycles. The Morgan fingerprint density at radius 3 is 2.90 bits per heavy atom. The van der Waals surface area contributed by atoms with E-state index in [2.05, 4.69) is 26.8 Å². The molecule has 0 aliphatic carbocycles. The van der Waals surface area contributed by atoms with Crippen LogP contribution in [0.25, 0.3) is 10.9 Å². The fourth-order valence-corrected chi connectivity index (χ4v) is 3.80. The van der Waals surface area contributed by atoms with E-state index in [0.29, 0.717) is 18.0 Å². The van der Waals surface area contributed by atoms with Crippen molar-refractivity contribution in [2.75, 3.05) is 20.3 Å². The van der Waals surface area contributed by atoms with Crippen LogP contribution in [0.1, 0.15) is 29.8 Å². The number of hydrogen-bond donors (Lipinski definition) is 1. The van der Waals surface area contributed by atoms with Crippen molar-refractivity contribution in [1.29, 1.82) is 0 Å². The van der Waals surface area contributed by atoms with Crippen LogP contribution in [0.4, 0.5) is 4.79 Å². The van der Waals surface area contributed by atoms with Crippen LogP contribution >= 0.6 is 11.6 Å². The second-order valence-corrected chi connectivity index (χ2v) is 6.97. The molecule has 1 atom stereocenters. The van der Waals surface area contributed by atoms with Gasteiger partial charge in [0.15, 0.2) is 6.61 Å². The maximum absolute atomic E-state index is 12.8. The number of ether oxygens (including phenoxy) is 2. The van der Waals surface area contributed by atoms with E-state index in [1.54, 1.807) is 24.2 Å². The molecular weight excluding hydrogens is 392 g/mol. The van der Waals surface area contributed by atoms with Crippen LogP contribution in [0.5, 0.6) is 6.01 Å². The standard InChI is InChI=1S/C21H19ClN4O3/c1-3-4-9-29-21(27)26-8-7-15-16-10-14(22)5-6-17(16)25-18(15)19(26)13-11-23-20(28-2)24-12-13/h5-6,10-12,19,25H,7-9H2,1-2H3. The van der Waals surface area contributed by atoms with Gasteiger partial charge in [0.05, 0.1) is 7.11 Å². The number of carbonyl (C=O) groups excluding carboxylic acids is 1. The van der Waals surface area contributed by atoms with Crippen molar-refractivity contribution in [2.45, 2.75) is 19.4 Å². The number of benzene rings is 1. The third-order valence-corrected chi connectivity index (χ3v) is 5.15. The first-order valence-electron chi connectivity index (χ1n) is 9.11. The smallest absolute Gasteiger partial charge is 0.411 e. The summed E-state index contributed by atoms with van der Waals surface area (Å²) >= 11 is 6.21. The Morgan fingerprint density at radius 2 is 2.17 bits per heavy atom. The molecule has 1 amide bonds. The number of amides is 1. The summed E-state index contributed by atoms with van der Waals surface area (Å²) in [5, 5.41) is 1.72. The first-order chi connectivity index (χ1) is 14.1. The first kappa shape index (κ1) is 19.1. The molecule has 1 aliphatic heterocycles. The molecule has 0 radical (unpaired) electrons. The predicted molar refractivity (Wildman–Crippen MR) is 109 cm³/mol. The van der Waals surface area contributed by atoms with Gasteiger partial charge in [-0.25, -0.2) is 14.8 Å². The lowest BCUT2D eigenvalue weighted by Gasteiger charge is -2.34. The van der Waals surface area contributed by atoms with Crippen molar-refractivity contribution in [2.24, 2.45) is 0 Å². The quantitative estimate of drug-likeness (QED) is 0.665. The van der Waals surface area contributed by atoms with Crippen molar-refractivity contribution in [1.82, 2.24) is 19.9 Å². The van der Waals surface area contributed by atoms with Gasteiger partial charge in [0.1, 0.15) is 6.04 Å². The molecule has 7 nitrogen and oxygen atoms in total. The first-order valence-corrected chi connectivity index (χ1v) is 9.49. The summed E-state index contributed by atoms with van der Waals surface area (Å²) < 4.78 is 10.4. The summed E-state index contributed by atoms with van der Waals surface area (Å²) in [6.07, 6.45) is 3.57. The molecule has 0 saturated heterocycles. The van der Waals surface area contributed by atoms with Crippen LogP contribution in [0.3, 0.4) is 0 Å². The summed E-state index contributed by atoms with van der Waals surface area (Å²) in [6, 6.07) is 5.57. The number of nitrogens with one attached hydrogen (secondary N) is 1. The molecule has 148 valence electrons. The van der Waals surface area contributed by atoms with Crippen molar-refractivity contribution >= 4 is 28.6 Å². The number of carbonyl (C=O) groups is 1.